The molecule has 3 aromatic carbocycles. The maximum absolute atomic E-state index is 14.1. The molecule has 2 unspecified atom stereocenters. The van der Waals surface area contributed by atoms with Crippen molar-refractivity contribution >= 4 is 52.2 Å². The monoisotopic (exact) mass is 671 g/mol. The molecule has 3 atom stereocenters. The fourth-order valence-electron chi connectivity index (χ4n) is 5.70. The first-order chi connectivity index (χ1) is 21.9. The van der Waals surface area contributed by atoms with Gasteiger partial charge in [0.25, 0.3) is 0 Å². The van der Waals surface area contributed by atoms with Crippen LogP contribution in [0, 0.1) is 5.92 Å². The highest BCUT2D eigenvalue weighted by atomic mass is 32.2. The lowest BCUT2D eigenvalue weighted by Gasteiger charge is -2.31. The van der Waals surface area contributed by atoms with Gasteiger partial charge >= 0.3 is 11.0 Å². The van der Waals surface area contributed by atoms with Gasteiger partial charge in [0.1, 0.15) is 17.5 Å². The molecule has 15 heteroatoms. The Kier molecular flexibility index (Phi) is 8.06. The number of fused-ring (bicyclic) bond motifs is 2. The number of nitrogens with zero attached hydrogens (tertiary/aromatic N) is 2. The number of hydrogen-bond acceptors (Lipinski definition) is 9. The van der Waals surface area contributed by atoms with E-state index in [1.165, 1.54) is 55.2 Å². The Morgan fingerprint density at radius 3 is 2.33 bits per heavy atom. The number of anilines is 2. The Morgan fingerprint density at radius 1 is 0.957 bits per heavy atom. The minimum absolute atomic E-state index is 0.00374. The van der Waals surface area contributed by atoms with E-state index in [1.807, 2.05) is 0 Å². The predicted molar refractivity (Wildman–Crippen MR) is 164 cm³/mol. The number of imide groups is 1. The highest BCUT2D eigenvalue weighted by Gasteiger charge is 2.58. The number of rotatable bonds is 7. The smallest absolute Gasteiger partial charge is 0.418 e. The second-order valence-electron chi connectivity index (χ2n) is 10.4. The Labute approximate surface area is 267 Å². The zero-order valence-electron chi connectivity index (χ0n) is 24.0. The van der Waals surface area contributed by atoms with E-state index in [0.29, 0.717) is 32.5 Å². The van der Waals surface area contributed by atoms with Gasteiger partial charge in [-0.3, -0.25) is 23.7 Å². The number of thiazole rings is 1. The summed E-state index contributed by atoms with van der Waals surface area (Å²) in [4.78, 5) is 54.9. The highest BCUT2D eigenvalue weighted by Crippen LogP contribution is 2.55. The first-order valence-electron chi connectivity index (χ1n) is 13.7. The van der Waals surface area contributed by atoms with Gasteiger partial charge in [-0.05, 0) is 54.1 Å². The summed E-state index contributed by atoms with van der Waals surface area (Å²) in [7, 11) is 2.85. The van der Waals surface area contributed by atoms with Crippen LogP contribution in [0.1, 0.15) is 21.9 Å². The van der Waals surface area contributed by atoms with E-state index in [9.17, 15) is 37.5 Å². The minimum atomic E-state index is -4.84. The zero-order valence-corrected chi connectivity index (χ0v) is 25.7. The van der Waals surface area contributed by atoms with Gasteiger partial charge in [0.2, 0.25) is 17.7 Å². The van der Waals surface area contributed by atoms with Crippen molar-refractivity contribution < 1.29 is 42.1 Å². The molecule has 2 N–H and O–H groups in total. The molecule has 0 bridgehead atoms. The number of carbonyl (C=O) groups excluding carboxylic acids is 3. The number of phenols is 1. The third kappa shape index (κ3) is 5.38. The maximum Gasteiger partial charge on any atom is 0.418 e. The molecule has 1 aromatic heterocycles. The molecule has 238 valence electrons. The quantitative estimate of drug-likeness (QED) is 0.206. The normalized spacial score (nSPS) is 19.1. The van der Waals surface area contributed by atoms with Crippen LogP contribution in [0.2, 0.25) is 0 Å². The van der Waals surface area contributed by atoms with E-state index < -0.39 is 63.7 Å². The Hall–Kier alpha value is -4.76. The molecule has 0 radical (unpaired) electrons. The third-order valence-corrected chi connectivity index (χ3v) is 10.3. The lowest BCUT2D eigenvalue weighted by molar-refractivity contribution is -0.137. The summed E-state index contributed by atoms with van der Waals surface area (Å²) in [6.45, 7) is -0.447. The number of para-hydroxylation sites is 1. The van der Waals surface area contributed by atoms with Crippen molar-refractivity contribution in [3.8, 4) is 17.2 Å². The molecule has 2 aliphatic rings. The number of aromatic nitrogens is 1. The fraction of sp³-hybridized carbons (Fsp3) is 0.226. The summed E-state index contributed by atoms with van der Waals surface area (Å²) in [6.07, 6.45) is -4.84. The SMILES string of the molecule is COc1ccc([C@H]2c3sc(=O)n(CC(=O)Nc4ccc(O)cc4)c3SC3C(=O)N(c4ccccc4C(F)(F)F)C(=O)C32)cc1OC. The van der Waals surface area contributed by atoms with Crippen LogP contribution in [0.3, 0.4) is 0 Å². The van der Waals surface area contributed by atoms with Crippen LogP contribution in [-0.4, -0.2) is 46.9 Å². The number of hydrogen-bond donors (Lipinski definition) is 2. The number of alkyl halides is 3. The van der Waals surface area contributed by atoms with Crippen molar-refractivity contribution in [1.82, 2.24) is 4.57 Å². The molecule has 3 amide bonds. The number of thioether (sulfide) groups is 1. The van der Waals surface area contributed by atoms with Crippen LogP contribution in [0.25, 0.3) is 0 Å². The Bertz CT molecular complexity index is 1920. The molecule has 6 rings (SSSR count). The van der Waals surface area contributed by atoms with Crippen LogP contribution in [0.4, 0.5) is 24.5 Å². The first kappa shape index (κ1) is 31.2. The van der Waals surface area contributed by atoms with Crippen LogP contribution in [-0.2, 0) is 27.1 Å². The van der Waals surface area contributed by atoms with Crippen LogP contribution >= 0.6 is 23.1 Å². The number of methoxy groups -OCH3 is 2. The summed E-state index contributed by atoms with van der Waals surface area (Å²) in [5.41, 5.74) is -0.893. The molecule has 1 saturated heterocycles. The maximum atomic E-state index is 14.1. The largest absolute Gasteiger partial charge is 0.508 e. The van der Waals surface area contributed by atoms with E-state index in [2.05, 4.69) is 5.32 Å². The number of carbonyl (C=O) groups is 3. The minimum Gasteiger partial charge on any atom is -0.508 e. The molecule has 2 aliphatic heterocycles. The summed E-state index contributed by atoms with van der Waals surface area (Å²) in [6, 6.07) is 14.9. The lowest BCUT2D eigenvalue weighted by atomic mass is 9.83. The first-order valence-corrected chi connectivity index (χ1v) is 15.4. The number of ether oxygens (including phenoxy) is 2. The Balaban J connectivity index is 1.46. The molecule has 0 saturated carbocycles. The number of benzene rings is 3. The summed E-state index contributed by atoms with van der Waals surface area (Å²) >= 11 is 1.67. The molecule has 4 aromatic rings. The van der Waals surface area contributed by atoms with E-state index in [-0.39, 0.29) is 10.8 Å². The van der Waals surface area contributed by atoms with Gasteiger partial charge in [-0.15, -0.1) is 0 Å². The van der Waals surface area contributed by atoms with Crippen molar-refractivity contribution in [3.63, 3.8) is 0 Å². The third-order valence-electron chi connectivity index (χ3n) is 7.72. The predicted octanol–water partition coefficient (Wildman–Crippen LogP) is 5.09. The topological polar surface area (TPSA) is 127 Å². The van der Waals surface area contributed by atoms with Gasteiger partial charge in [0, 0.05) is 16.5 Å². The summed E-state index contributed by atoms with van der Waals surface area (Å²) in [5, 5.41) is 11.2. The van der Waals surface area contributed by atoms with Crippen molar-refractivity contribution in [2.24, 2.45) is 5.92 Å². The van der Waals surface area contributed by atoms with Crippen molar-refractivity contribution in [1.29, 1.82) is 0 Å². The molecular formula is C31H24F3N3O7S2. The average Bonchev–Trinajstić information content (AvgIpc) is 3.47. The number of amides is 3. The van der Waals surface area contributed by atoms with Gasteiger partial charge in [-0.25, -0.2) is 4.90 Å². The molecular weight excluding hydrogens is 647 g/mol. The van der Waals surface area contributed by atoms with Crippen LogP contribution in [0.15, 0.2) is 76.6 Å². The lowest BCUT2D eigenvalue weighted by Crippen LogP contribution is -2.33. The van der Waals surface area contributed by atoms with E-state index in [4.69, 9.17) is 9.47 Å². The van der Waals surface area contributed by atoms with Crippen molar-refractivity contribution in [3.05, 3.63) is 92.4 Å². The average molecular weight is 672 g/mol. The second-order valence-corrected chi connectivity index (χ2v) is 12.5. The van der Waals surface area contributed by atoms with E-state index >= 15 is 0 Å². The molecule has 3 heterocycles. The van der Waals surface area contributed by atoms with Crippen molar-refractivity contribution in [2.45, 2.75) is 28.9 Å². The van der Waals surface area contributed by atoms with Gasteiger partial charge in [-0.1, -0.05) is 41.3 Å². The molecule has 10 nitrogen and oxygen atoms in total. The van der Waals surface area contributed by atoms with Gasteiger partial charge in [-0.2, -0.15) is 13.2 Å². The Morgan fingerprint density at radius 2 is 1.65 bits per heavy atom. The number of aromatic hydroxyl groups is 1. The zero-order chi connectivity index (χ0) is 32.9. The van der Waals surface area contributed by atoms with Gasteiger partial charge in [0.05, 0.1) is 36.4 Å². The molecule has 0 aliphatic carbocycles. The van der Waals surface area contributed by atoms with E-state index in [0.717, 1.165) is 35.2 Å². The standard InChI is InChI=1S/C31H24F3N3O7S2/c1-43-20-12-7-15(13-21(20)44-2)23-24-25(28(41)37(27(24)40)19-6-4-3-5-18(19)31(32,33)34)45-29-26(23)46-30(42)36(29)14-22(39)35-16-8-10-17(38)11-9-16/h3-13,23-25,38H,14H2,1-2H3,(H,35,39)/t23-,24?,25?/m1/s1. The van der Waals surface area contributed by atoms with Crippen LogP contribution in [0.5, 0.6) is 17.2 Å². The second kappa shape index (κ2) is 11.9. The summed E-state index contributed by atoms with van der Waals surface area (Å²) < 4.78 is 54.0. The van der Waals surface area contributed by atoms with Crippen LogP contribution < -0.4 is 24.6 Å². The molecule has 46 heavy (non-hydrogen) atoms. The molecule has 0 spiro atoms. The highest BCUT2D eigenvalue weighted by molar-refractivity contribution is 8.00. The summed E-state index contributed by atoms with van der Waals surface area (Å²) in [5.74, 6) is -3.74. The number of phenolic OH excluding ortho intramolecular Hbond substituents is 1. The van der Waals surface area contributed by atoms with Gasteiger partial charge < -0.3 is 19.9 Å². The van der Waals surface area contributed by atoms with E-state index in [1.54, 1.807) is 18.2 Å². The number of nitrogens with one attached hydrogen (secondary N) is 1. The number of halogens is 3. The van der Waals surface area contributed by atoms with Gasteiger partial charge in [0.15, 0.2) is 11.5 Å². The van der Waals surface area contributed by atoms with Crippen molar-refractivity contribution in [2.75, 3.05) is 24.4 Å². The molecule has 1 fully saturated rings. The fourth-order valence-corrected chi connectivity index (χ4v) is 8.47.